The molecule has 2 aromatic rings. The van der Waals surface area contributed by atoms with E-state index >= 15 is 0 Å². The lowest BCUT2D eigenvalue weighted by Gasteiger charge is -2.04. The van der Waals surface area contributed by atoms with Gasteiger partial charge in [0, 0.05) is 6.07 Å². The Labute approximate surface area is 142 Å². The first kappa shape index (κ1) is 17.2. The van der Waals surface area contributed by atoms with Gasteiger partial charge in [0.2, 0.25) is 0 Å². The molecule has 1 aromatic heterocycles. The minimum Gasteiger partial charge on any atom is -0.445 e. The van der Waals surface area contributed by atoms with Gasteiger partial charge >= 0.3 is 6.09 Å². The highest BCUT2D eigenvalue weighted by molar-refractivity contribution is 6.30. The number of rotatable bonds is 4. The second kappa shape index (κ2) is 8.50. The predicted octanol–water partition coefficient (Wildman–Crippen LogP) is 2.92. The summed E-state index contributed by atoms with van der Waals surface area (Å²) in [5, 5.41) is 13.2. The number of nitrogens with one attached hydrogen (secondary N) is 1. The van der Waals surface area contributed by atoms with E-state index in [1.807, 2.05) is 30.3 Å². The largest absolute Gasteiger partial charge is 0.445 e. The number of alkyl carbamates (subject to hydrolysis) is 1. The van der Waals surface area contributed by atoms with Crippen LogP contribution < -0.4 is 5.32 Å². The molecule has 1 heterocycles. The molecule has 122 valence electrons. The van der Waals surface area contributed by atoms with Crippen molar-refractivity contribution in [3.63, 3.8) is 0 Å². The van der Waals surface area contributed by atoms with Crippen LogP contribution in [0.5, 0.6) is 0 Å². The molecule has 0 aliphatic carbocycles. The van der Waals surface area contributed by atoms with Gasteiger partial charge < -0.3 is 10.1 Å². The zero-order valence-corrected chi connectivity index (χ0v) is 13.1. The summed E-state index contributed by atoms with van der Waals surface area (Å²) in [6.45, 7) is 0.160. The second-order valence-electron chi connectivity index (χ2n) is 4.51. The standard InChI is InChI=1S/C16H12ClN3O4/c17-15-13(9-14(10-19-15)20(22)23)7-4-8-18-16(21)24-11-12-5-2-1-3-6-12/h1-3,5-6,9-10H,8,11H2,(H,18,21). The summed E-state index contributed by atoms with van der Waals surface area (Å²) in [7, 11) is 0. The summed E-state index contributed by atoms with van der Waals surface area (Å²) in [6.07, 6.45) is 0.434. The van der Waals surface area contributed by atoms with Crippen LogP contribution in [-0.2, 0) is 11.3 Å². The third kappa shape index (κ3) is 5.26. The lowest BCUT2D eigenvalue weighted by molar-refractivity contribution is -0.385. The molecule has 7 nitrogen and oxygen atoms in total. The fourth-order valence-electron chi connectivity index (χ4n) is 1.65. The Bertz CT molecular complexity index is 800. The number of benzene rings is 1. The van der Waals surface area contributed by atoms with Gasteiger partial charge in [-0.25, -0.2) is 9.78 Å². The van der Waals surface area contributed by atoms with Gasteiger partial charge in [0.1, 0.15) is 18.0 Å². The average Bonchev–Trinajstić information content (AvgIpc) is 2.59. The number of halogens is 1. The van der Waals surface area contributed by atoms with E-state index in [1.54, 1.807) is 0 Å². The maximum absolute atomic E-state index is 11.5. The van der Waals surface area contributed by atoms with Crippen LogP contribution >= 0.6 is 11.6 Å². The summed E-state index contributed by atoms with van der Waals surface area (Å²) in [4.78, 5) is 25.3. The minimum absolute atomic E-state index is 0.00659. The summed E-state index contributed by atoms with van der Waals surface area (Å²) in [5.41, 5.74) is 0.873. The monoisotopic (exact) mass is 345 g/mol. The van der Waals surface area contributed by atoms with Crippen LogP contribution in [0.3, 0.4) is 0 Å². The highest BCUT2D eigenvalue weighted by Gasteiger charge is 2.09. The van der Waals surface area contributed by atoms with E-state index in [0.29, 0.717) is 0 Å². The van der Waals surface area contributed by atoms with Crippen LogP contribution in [0.4, 0.5) is 10.5 Å². The molecule has 1 aromatic carbocycles. The van der Waals surface area contributed by atoms with Crippen molar-refractivity contribution in [2.24, 2.45) is 0 Å². The molecule has 0 bridgehead atoms. The number of amides is 1. The first-order chi connectivity index (χ1) is 11.6. The third-order valence-electron chi connectivity index (χ3n) is 2.79. The van der Waals surface area contributed by atoms with Crippen LogP contribution in [0.25, 0.3) is 0 Å². The molecule has 0 aliphatic rings. The van der Waals surface area contributed by atoms with Gasteiger partial charge in [0.25, 0.3) is 5.69 Å². The third-order valence-corrected chi connectivity index (χ3v) is 3.09. The van der Waals surface area contributed by atoms with E-state index in [-0.39, 0.29) is 29.6 Å². The Morgan fingerprint density at radius 1 is 1.38 bits per heavy atom. The molecule has 0 unspecified atom stereocenters. The maximum Gasteiger partial charge on any atom is 0.408 e. The summed E-state index contributed by atoms with van der Waals surface area (Å²) in [5.74, 6) is 5.25. The van der Waals surface area contributed by atoms with E-state index in [4.69, 9.17) is 16.3 Å². The number of carbonyl (C=O) groups excluding carboxylic acids is 1. The Balaban J connectivity index is 1.84. The molecule has 0 atom stereocenters. The van der Waals surface area contributed by atoms with Crippen molar-refractivity contribution in [1.82, 2.24) is 10.3 Å². The molecule has 0 spiro atoms. The summed E-state index contributed by atoms with van der Waals surface area (Å²) >= 11 is 5.81. The number of aromatic nitrogens is 1. The van der Waals surface area contributed by atoms with Crippen LogP contribution in [0.2, 0.25) is 5.15 Å². The zero-order valence-electron chi connectivity index (χ0n) is 12.4. The van der Waals surface area contributed by atoms with Crippen LogP contribution in [0, 0.1) is 22.0 Å². The van der Waals surface area contributed by atoms with Gasteiger partial charge in [-0.3, -0.25) is 10.1 Å². The number of nitrogens with zero attached hydrogens (tertiary/aromatic N) is 2. The van der Waals surface area contributed by atoms with Crippen molar-refractivity contribution in [3.8, 4) is 11.8 Å². The SMILES string of the molecule is O=C(NCC#Cc1cc([N+](=O)[O-])cnc1Cl)OCc1ccccc1. The minimum atomic E-state index is -0.614. The molecule has 0 radical (unpaired) electrons. The topological polar surface area (TPSA) is 94.4 Å². The number of carbonyl (C=O) groups is 1. The average molecular weight is 346 g/mol. The quantitative estimate of drug-likeness (QED) is 0.398. The molecule has 0 fully saturated rings. The lowest BCUT2D eigenvalue weighted by Crippen LogP contribution is -2.24. The molecular formula is C16H12ClN3O4. The van der Waals surface area contributed by atoms with Gasteiger partial charge in [0.05, 0.1) is 17.0 Å². The van der Waals surface area contributed by atoms with Crippen molar-refractivity contribution < 1.29 is 14.5 Å². The molecule has 0 saturated heterocycles. The number of hydrogen-bond donors (Lipinski definition) is 1. The van der Waals surface area contributed by atoms with Gasteiger partial charge in [-0.2, -0.15) is 0 Å². The van der Waals surface area contributed by atoms with E-state index in [2.05, 4.69) is 22.1 Å². The van der Waals surface area contributed by atoms with Crippen LogP contribution in [0.1, 0.15) is 11.1 Å². The van der Waals surface area contributed by atoms with Crippen molar-refractivity contribution in [2.75, 3.05) is 6.54 Å². The Morgan fingerprint density at radius 3 is 2.83 bits per heavy atom. The Kier molecular flexibility index (Phi) is 6.11. The van der Waals surface area contributed by atoms with Crippen molar-refractivity contribution in [2.45, 2.75) is 6.61 Å². The molecule has 0 saturated carbocycles. The van der Waals surface area contributed by atoms with Gasteiger partial charge in [0.15, 0.2) is 0 Å². The second-order valence-corrected chi connectivity index (χ2v) is 4.86. The van der Waals surface area contributed by atoms with E-state index < -0.39 is 11.0 Å². The fraction of sp³-hybridized carbons (Fsp3) is 0.125. The van der Waals surface area contributed by atoms with Gasteiger partial charge in [-0.15, -0.1) is 0 Å². The molecule has 1 N–H and O–H groups in total. The first-order valence-corrected chi connectivity index (χ1v) is 7.17. The first-order valence-electron chi connectivity index (χ1n) is 6.79. The number of hydrogen-bond acceptors (Lipinski definition) is 5. The van der Waals surface area contributed by atoms with E-state index in [1.165, 1.54) is 6.07 Å². The number of ether oxygens (including phenoxy) is 1. The van der Waals surface area contributed by atoms with E-state index in [0.717, 1.165) is 11.8 Å². The van der Waals surface area contributed by atoms with Crippen molar-refractivity contribution in [1.29, 1.82) is 0 Å². The van der Waals surface area contributed by atoms with Crippen molar-refractivity contribution >= 4 is 23.4 Å². The Hall–Kier alpha value is -3.11. The molecule has 2 rings (SSSR count). The molecule has 1 amide bonds. The van der Waals surface area contributed by atoms with Crippen LogP contribution in [-0.4, -0.2) is 22.5 Å². The normalized spacial score (nSPS) is 9.54. The maximum atomic E-state index is 11.5. The lowest BCUT2D eigenvalue weighted by atomic mass is 10.2. The zero-order chi connectivity index (χ0) is 17.4. The van der Waals surface area contributed by atoms with Gasteiger partial charge in [-0.05, 0) is 5.56 Å². The predicted molar refractivity (Wildman–Crippen MR) is 87.4 cm³/mol. The Morgan fingerprint density at radius 2 is 2.12 bits per heavy atom. The molecular weight excluding hydrogens is 334 g/mol. The fourth-order valence-corrected chi connectivity index (χ4v) is 1.81. The van der Waals surface area contributed by atoms with E-state index in [9.17, 15) is 14.9 Å². The number of nitro groups is 1. The summed E-state index contributed by atoms with van der Waals surface area (Å²) in [6, 6.07) is 10.5. The molecule has 0 aliphatic heterocycles. The highest BCUT2D eigenvalue weighted by atomic mass is 35.5. The highest BCUT2D eigenvalue weighted by Crippen LogP contribution is 2.17. The van der Waals surface area contributed by atoms with Crippen LogP contribution in [0.15, 0.2) is 42.6 Å². The smallest absolute Gasteiger partial charge is 0.408 e. The van der Waals surface area contributed by atoms with Gasteiger partial charge in [-0.1, -0.05) is 53.8 Å². The molecule has 24 heavy (non-hydrogen) atoms. The van der Waals surface area contributed by atoms with Crippen molar-refractivity contribution in [3.05, 3.63) is 69.0 Å². The summed E-state index contributed by atoms with van der Waals surface area (Å²) < 4.78 is 5.01. The number of pyridine rings is 1. The molecule has 8 heteroatoms.